The van der Waals surface area contributed by atoms with Crippen molar-refractivity contribution >= 4 is 5.78 Å². The van der Waals surface area contributed by atoms with E-state index in [1.165, 1.54) is 0 Å². The van der Waals surface area contributed by atoms with Crippen molar-refractivity contribution in [2.45, 2.75) is 38.3 Å². The summed E-state index contributed by atoms with van der Waals surface area (Å²) in [6, 6.07) is 7.37. The van der Waals surface area contributed by atoms with Gasteiger partial charge in [0.1, 0.15) is 6.17 Å². The van der Waals surface area contributed by atoms with Crippen LogP contribution in [0.5, 0.6) is 0 Å². The van der Waals surface area contributed by atoms with E-state index in [2.05, 4.69) is 0 Å². The van der Waals surface area contributed by atoms with Crippen molar-refractivity contribution in [1.29, 1.82) is 0 Å². The molecule has 0 bridgehead atoms. The lowest BCUT2D eigenvalue weighted by Gasteiger charge is -2.12. The molecule has 0 radical (unpaired) electrons. The lowest BCUT2D eigenvalue weighted by Crippen LogP contribution is -2.06. The van der Waals surface area contributed by atoms with E-state index in [4.69, 9.17) is 0 Å². The molecule has 0 spiro atoms. The van der Waals surface area contributed by atoms with Gasteiger partial charge in [0, 0.05) is 11.5 Å². The number of halogens is 1. The quantitative estimate of drug-likeness (QED) is 0.677. The highest BCUT2D eigenvalue weighted by Crippen LogP contribution is 2.36. The van der Waals surface area contributed by atoms with E-state index < -0.39 is 6.17 Å². The van der Waals surface area contributed by atoms with Crippen LogP contribution in [-0.2, 0) is 0 Å². The first kappa shape index (κ1) is 10.3. The zero-order valence-electron chi connectivity index (χ0n) is 8.87. The van der Waals surface area contributed by atoms with Crippen LogP contribution in [0.25, 0.3) is 0 Å². The van der Waals surface area contributed by atoms with E-state index in [9.17, 15) is 9.18 Å². The molecule has 0 heterocycles. The number of Topliss-reactive ketones (excluding diaryl/α,β-unsaturated/α-hetero) is 1. The molecule has 2 heteroatoms. The summed E-state index contributed by atoms with van der Waals surface area (Å²) in [5, 5.41) is 0. The summed E-state index contributed by atoms with van der Waals surface area (Å²) in [6.07, 6.45) is 1.88. The molecule has 0 amide bonds. The number of alkyl halides is 1. The van der Waals surface area contributed by atoms with Crippen molar-refractivity contribution < 1.29 is 9.18 Å². The zero-order chi connectivity index (χ0) is 10.8. The Hall–Kier alpha value is -1.18. The van der Waals surface area contributed by atoms with E-state index in [-0.39, 0.29) is 11.7 Å². The summed E-state index contributed by atoms with van der Waals surface area (Å²) in [6.45, 7) is 1.54. The molecule has 1 fully saturated rings. The molecule has 2 unspecified atom stereocenters. The van der Waals surface area contributed by atoms with Crippen molar-refractivity contribution in [3.63, 3.8) is 0 Å². The number of ketones is 1. The summed E-state index contributed by atoms with van der Waals surface area (Å²) >= 11 is 0. The van der Waals surface area contributed by atoms with Gasteiger partial charge in [-0.3, -0.25) is 4.79 Å². The molecule has 0 aromatic heterocycles. The van der Waals surface area contributed by atoms with Gasteiger partial charge in [0.25, 0.3) is 0 Å². The van der Waals surface area contributed by atoms with Gasteiger partial charge in [-0.1, -0.05) is 24.3 Å². The van der Waals surface area contributed by atoms with E-state index in [0.717, 1.165) is 18.4 Å². The highest BCUT2D eigenvalue weighted by atomic mass is 19.1. The second-order valence-electron chi connectivity index (χ2n) is 4.23. The van der Waals surface area contributed by atoms with Crippen LogP contribution in [0, 0.1) is 0 Å². The standard InChI is InChI=1S/C13H15FO/c1-9(15)10-5-7-11(8-6-10)12-3-2-4-13(12)14/h5-8,12-13H,2-4H2,1H3. The minimum atomic E-state index is -0.701. The van der Waals surface area contributed by atoms with Gasteiger partial charge >= 0.3 is 0 Å². The molecular weight excluding hydrogens is 191 g/mol. The zero-order valence-corrected chi connectivity index (χ0v) is 8.87. The first-order chi connectivity index (χ1) is 7.18. The van der Waals surface area contributed by atoms with E-state index in [0.29, 0.717) is 12.0 Å². The number of hydrogen-bond donors (Lipinski definition) is 0. The van der Waals surface area contributed by atoms with Crippen LogP contribution in [0.4, 0.5) is 4.39 Å². The maximum atomic E-state index is 13.5. The Morgan fingerprint density at radius 3 is 2.40 bits per heavy atom. The molecule has 1 aromatic carbocycles. The lowest BCUT2D eigenvalue weighted by atomic mass is 9.95. The fourth-order valence-corrected chi connectivity index (χ4v) is 2.26. The molecule has 1 aliphatic carbocycles. The van der Waals surface area contributed by atoms with Gasteiger partial charge in [0.2, 0.25) is 0 Å². The molecule has 1 aliphatic rings. The Bertz CT molecular complexity index is 355. The average molecular weight is 206 g/mol. The number of benzene rings is 1. The van der Waals surface area contributed by atoms with E-state index in [1.807, 2.05) is 12.1 Å². The van der Waals surface area contributed by atoms with Gasteiger partial charge in [-0.2, -0.15) is 0 Å². The van der Waals surface area contributed by atoms with Gasteiger partial charge < -0.3 is 0 Å². The third-order valence-electron chi connectivity index (χ3n) is 3.18. The van der Waals surface area contributed by atoms with Crippen molar-refractivity contribution in [2.24, 2.45) is 0 Å². The van der Waals surface area contributed by atoms with Crippen LogP contribution < -0.4 is 0 Å². The van der Waals surface area contributed by atoms with Crippen LogP contribution in [0.1, 0.15) is 48.0 Å². The molecule has 80 valence electrons. The molecule has 1 nitrogen and oxygen atoms in total. The van der Waals surface area contributed by atoms with E-state index in [1.54, 1.807) is 19.1 Å². The van der Waals surface area contributed by atoms with Gasteiger partial charge in [0.15, 0.2) is 5.78 Å². The van der Waals surface area contributed by atoms with Crippen molar-refractivity contribution in [3.8, 4) is 0 Å². The Morgan fingerprint density at radius 1 is 1.27 bits per heavy atom. The predicted molar refractivity (Wildman–Crippen MR) is 57.9 cm³/mol. The Balaban J connectivity index is 2.19. The molecule has 2 atom stereocenters. The summed E-state index contributed by atoms with van der Waals surface area (Å²) in [5.74, 6) is 0.107. The second-order valence-corrected chi connectivity index (χ2v) is 4.23. The summed E-state index contributed by atoms with van der Waals surface area (Å²) in [4.78, 5) is 11.1. The van der Waals surface area contributed by atoms with Crippen LogP contribution in [0.15, 0.2) is 24.3 Å². The molecule has 0 aliphatic heterocycles. The summed E-state index contributed by atoms with van der Waals surface area (Å²) in [5.41, 5.74) is 1.73. The normalized spacial score (nSPS) is 25.5. The minimum absolute atomic E-state index is 0.0472. The first-order valence-corrected chi connectivity index (χ1v) is 5.43. The third-order valence-corrected chi connectivity index (χ3v) is 3.18. The molecule has 1 aromatic rings. The predicted octanol–water partition coefficient (Wildman–Crippen LogP) is 3.49. The Morgan fingerprint density at radius 2 is 1.93 bits per heavy atom. The smallest absolute Gasteiger partial charge is 0.159 e. The maximum Gasteiger partial charge on any atom is 0.159 e. The van der Waals surface area contributed by atoms with Crippen LogP contribution in [-0.4, -0.2) is 12.0 Å². The topological polar surface area (TPSA) is 17.1 Å². The van der Waals surface area contributed by atoms with Crippen molar-refractivity contribution in [1.82, 2.24) is 0 Å². The fraction of sp³-hybridized carbons (Fsp3) is 0.462. The lowest BCUT2D eigenvalue weighted by molar-refractivity contribution is 0.101. The summed E-state index contributed by atoms with van der Waals surface area (Å²) < 4.78 is 13.5. The number of rotatable bonds is 2. The maximum absolute atomic E-state index is 13.5. The molecule has 1 saturated carbocycles. The second kappa shape index (κ2) is 4.13. The van der Waals surface area contributed by atoms with Gasteiger partial charge in [-0.15, -0.1) is 0 Å². The monoisotopic (exact) mass is 206 g/mol. The average Bonchev–Trinajstić information content (AvgIpc) is 2.65. The SMILES string of the molecule is CC(=O)c1ccc(C2CCCC2F)cc1. The van der Waals surface area contributed by atoms with Gasteiger partial charge in [-0.05, 0) is 31.7 Å². The van der Waals surface area contributed by atoms with Crippen LogP contribution >= 0.6 is 0 Å². The number of carbonyl (C=O) groups is 1. The van der Waals surface area contributed by atoms with E-state index >= 15 is 0 Å². The minimum Gasteiger partial charge on any atom is -0.295 e. The highest BCUT2D eigenvalue weighted by molar-refractivity contribution is 5.94. The number of hydrogen-bond acceptors (Lipinski definition) is 1. The van der Waals surface area contributed by atoms with Crippen molar-refractivity contribution in [3.05, 3.63) is 35.4 Å². The Kier molecular flexibility index (Phi) is 2.85. The fourth-order valence-electron chi connectivity index (χ4n) is 2.26. The molecular formula is C13H15FO. The van der Waals surface area contributed by atoms with Gasteiger partial charge in [-0.25, -0.2) is 4.39 Å². The number of carbonyl (C=O) groups excluding carboxylic acids is 1. The highest BCUT2D eigenvalue weighted by Gasteiger charge is 2.28. The molecule has 0 saturated heterocycles. The largest absolute Gasteiger partial charge is 0.295 e. The van der Waals surface area contributed by atoms with Crippen LogP contribution in [0.3, 0.4) is 0 Å². The van der Waals surface area contributed by atoms with Gasteiger partial charge in [0.05, 0.1) is 0 Å². The Labute approximate surface area is 89.3 Å². The summed E-state index contributed by atoms with van der Waals surface area (Å²) in [7, 11) is 0. The third kappa shape index (κ3) is 2.09. The molecule has 0 N–H and O–H groups in total. The van der Waals surface area contributed by atoms with Crippen molar-refractivity contribution in [2.75, 3.05) is 0 Å². The first-order valence-electron chi connectivity index (χ1n) is 5.43. The van der Waals surface area contributed by atoms with Crippen LogP contribution in [0.2, 0.25) is 0 Å². The molecule has 2 rings (SSSR count). The molecule has 15 heavy (non-hydrogen) atoms.